The third kappa shape index (κ3) is 3.07. The van der Waals surface area contributed by atoms with E-state index in [4.69, 9.17) is 11.6 Å². The summed E-state index contributed by atoms with van der Waals surface area (Å²) in [5.41, 5.74) is 0.695. The predicted molar refractivity (Wildman–Crippen MR) is 75.7 cm³/mol. The number of hydrogen-bond acceptors (Lipinski definition) is 5. The fourth-order valence-corrected chi connectivity index (χ4v) is 2.08. The Bertz CT molecular complexity index is 560. The molecule has 0 spiro atoms. The summed E-state index contributed by atoms with van der Waals surface area (Å²) < 4.78 is 0. The summed E-state index contributed by atoms with van der Waals surface area (Å²) in [6.45, 7) is 5.73. The molecule has 2 heterocycles. The Balaban J connectivity index is 2.24. The van der Waals surface area contributed by atoms with E-state index < -0.39 is 6.04 Å². The molecule has 0 bridgehead atoms. The van der Waals surface area contributed by atoms with Crippen molar-refractivity contribution in [3.8, 4) is 0 Å². The van der Waals surface area contributed by atoms with E-state index in [1.807, 2.05) is 13.8 Å². The molecule has 1 aliphatic heterocycles. The zero-order chi connectivity index (χ0) is 14.9. The van der Waals surface area contributed by atoms with Crippen molar-refractivity contribution in [2.24, 2.45) is 0 Å². The second-order valence-electron chi connectivity index (χ2n) is 5.15. The largest absolute Gasteiger partial charge is 0.358 e. The van der Waals surface area contributed by atoms with Crippen molar-refractivity contribution in [1.82, 2.24) is 15.3 Å². The van der Waals surface area contributed by atoms with Gasteiger partial charge in [0.1, 0.15) is 22.8 Å². The maximum atomic E-state index is 11.8. The number of aromatic nitrogens is 2. The number of imide groups is 1. The molecule has 0 radical (unpaired) electrons. The number of halogens is 1. The number of piperidine rings is 1. The summed E-state index contributed by atoms with van der Waals surface area (Å²) in [7, 11) is 0. The monoisotopic (exact) mass is 296 g/mol. The molecule has 1 fully saturated rings. The van der Waals surface area contributed by atoms with Crippen LogP contribution in [0.2, 0.25) is 5.15 Å². The van der Waals surface area contributed by atoms with Crippen LogP contribution in [0.4, 0.5) is 5.82 Å². The summed E-state index contributed by atoms with van der Waals surface area (Å²) in [4.78, 5) is 31.5. The van der Waals surface area contributed by atoms with Crippen LogP contribution < -0.4 is 10.6 Å². The number of amides is 2. The molecule has 2 amide bonds. The van der Waals surface area contributed by atoms with Gasteiger partial charge in [0.05, 0.1) is 0 Å². The maximum Gasteiger partial charge on any atom is 0.249 e. The van der Waals surface area contributed by atoms with Gasteiger partial charge in [-0.15, -0.1) is 0 Å². The third-order valence-corrected chi connectivity index (χ3v) is 3.54. The molecule has 0 saturated carbocycles. The molecule has 108 valence electrons. The van der Waals surface area contributed by atoms with Crippen molar-refractivity contribution < 1.29 is 9.59 Å². The molecule has 0 aromatic carbocycles. The van der Waals surface area contributed by atoms with E-state index in [9.17, 15) is 9.59 Å². The molecule has 1 atom stereocenters. The van der Waals surface area contributed by atoms with Crippen LogP contribution in [0.15, 0.2) is 0 Å². The summed E-state index contributed by atoms with van der Waals surface area (Å²) in [5, 5.41) is 5.73. The standard InChI is InChI=1S/C13H17ClN4O2/c1-6(2)11-17-10(14)7(3)12(18-11)15-8-4-5-9(19)16-13(8)20/h6,8H,4-5H2,1-3H3,(H,15,17,18)(H,16,19,20). The number of hydrogen-bond donors (Lipinski definition) is 2. The number of anilines is 1. The van der Waals surface area contributed by atoms with Gasteiger partial charge in [0.25, 0.3) is 0 Å². The highest BCUT2D eigenvalue weighted by Crippen LogP contribution is 2.24. The van der Waals surface area contributed by atoms with Gasteiger partial charge in [-0.1, -0.05) is 25.4 Å². The lowest BCUT2D eigenvalue weighted by atomic mass is 10.1. The van der Waals surface area contributed by atoms with Crippen LogP contribution in [-0.4, -0.2) is 27.8 Å². The van der Waals surface area contributed by atoms with Gasteiger partial charge < -0.3 is 5.32 Å². The van der Waals surface area contributed by atoms with E-state index in [0.29, 0.717) is 35.2 Å². The molecular weight excluding hydrogens is 280 g/mol. The minimum absolute atomic E-state index is 0.135. The molecular formula is C13H17ClN4O2. The SMILES string of the molecule is Cc1c(Cl)nc(C(C)C)nc1NC1CCC(=O)NC1=O. The Hall–Kier alpha value is -1.69. The first-order valence-corrected chi connectivity index (χ1v) is 6.90. The van der Waals surface area contributed by atoms with E-state index in [-0.39, 0.29) is 17.7 Å². The Morgan fingerprint density at radius 2 is 2.05 bits per heavy atom. The van der Waals surface area contributed by atoms with Gasteiger partial charge in [-0.25, -0.2) is 9.97 Å². The Morgan fingerprint density at radius 3 is 2.65 bits per heavy atom. The molecule has 20 heavy (non-hydrogen) atoms. The summed E-state index contributed by atoms with van der Waals surface area (Å²) in [5.74, 6) is 0.726. The van der Waals surface area contributed by atoms with Crippen LogP contribution >= 0.6 is 11.6 Å². The van der Waals surface area contributed by atoms with Gasteiger partial charge in [0, 0.05) is 17.9 Å². The van der Waals surface area contributed by atoms with Gasteiger partial charge in [-0.2, -0.15) is 0 Å². The van der Waals surface area contributed by atoms with E-state index in [2.05, 4.69) is 20.6 Å². The van der Waals surface area contributed by atoms with E-state index in [1.54, 1.807) is 6.92 Å². The molecule has 1 aliphatic rings. The second kappa shape index (κ2) is 5.75. The molecule has 7 heteroatoms. The van der Waals surface area contributed by atoms with Crippen molar-refractivity contribution in [1.29, 1.82) is 0 Å². The van der Waals surface area contributed by atoms with Crippen LogP contribution in [0.3, 0.4) is 0 Å². The predicted octanol–water partition coefficient (Wildman–Crippen LogP) is 1.78. The van der Waals surface area contributed by atoms with Gasteiger partial charge in [0.2, 0.25) is 11.8 Å². The lowest BCUT2D eigenvalue weighted by Crippen LogP contribution is -2.47. The molecule has 6 nitrogen and oxygen atoms in total. The van der Waals surface area contributed by atoms with Crippen molar-refractivity contribution in [2.75, 3.05) is 5.32 Å². The molecule has 1 unspecified atom stereocenters. The first-order valence-electron chi connectivity index (χ1n) is 6.52. The highest BCUT2D eigenvalue weighted by atomic mass is 35.5. The van der Waals surface area contributed by atoms with Crippen LogP contribution in [0.1, 0.15) is 44.0 Å². The topological polar surface area (TPSA) is 84.0 Å². The van der Waals surface area contributed by atoms with Crippen molar-refractivity contribution in [2.45, 2.75) is 45.6 Å². The molecule has 2 rings (SSSR count). The maximum absolute atomic E-state index is 11.8. The smallest absolute Gasteiger partial charge is 0.249 e. The molecule has 1 aromatic rings. The normalized spacial score (nSPS) is 19.1. The van der Waals surface area contributed by atoms with Gasteiger partial charge in [-0.05, 0) is 13.3 Å². The fraction of sp³-hybridized carbons (Fsp3) is 0.538. The summed E-state index contributed by atoms with van der Waals surface area (Å²) >= 11 is 6.09. The minimum Gasteiger partial charge on any atom is -0.358 e. The van der Waals surface area contributed by atoms with Crippen molar-refractivity contribution in [3.63, 3.8) is 0 Å². The van der Waals surface area contributed by atoms with Crippen LogP contribution in [-0.2, 0) is 9.59 Å². The van der Waals surface area contributed by atoms with E-state index in [1.165, 1.54) is 0 Å². The molecule has 1 saturated heterocycles. The Morgan fingerprint density at radius 1 is 1.35 bits per heavy atom. The third-order valence-electron chi connectivity index (χ3n) is 3.17. The summed E-state index contributed by atoms with van der Waals surface area (Å²) in [6.07, 6.45) is 0.765. The number of rotatable bonds is 3. The lowest BCUT2D eigenvalue weighted by Gasteiger charge is -2.23. The average Bonchev–Trinajstić information content (AvgIpc) is 2.37. The molecule has 0 aliphatic carbocycles. The average molecular weight is 297 g/mol. The Kier molecular flexibility index (Phi) is 4.23. The van der Waals surface area contributed by atoms with E-state index in [0.717, 1.165) is 0 Å². The quantitative estimate of drug-likeness (QED) is 0.656. The minimum atomic E-state index is -0.475. The number of nitrogens with zero attached hydrogens (tertiary/aromatic N) is 2. The zero-order valence-corrected chi connectivity index (χ0v) is 12.4. The zero-order valence-electron chi connectivity index (χ0n) is 11.7. The number of carbonyl (C=O) groups is 2. The van der Waals surface area contributed by atoms with Crippen molar-refractivity contribution in [3.05, 3.63) is 16.5 Å². The Labute approximate surface area is 122 Å². The fourth-order valence-electron chi connectivity index (χ4n) is 1.90. The van der Waals surface area contributed by atoms with Crippen molar-refractivity contribution >= 4 is 29.2 Å². The first-order chi connectivity index (χ1) is 9.38. The highest BCUT2D eigenvalue weighted by Gasteiger charge is 2.27. The lowest BCUT2D eigenvalue weighted by molar-refractivity contribution is -0.133. The van der Waals surface area contributed by atoms with Gasteiger partial charge in [-0.3, -0.25) is 14.9 Å². The second-order valence-corrected chi connectivity index (χ2v) is 5.51. The molecule has 2 N–H and O–H groups in total. The van der Waals surface area contributed by atoms with E-state index >= 15 is 0 Å². The van der Waals surface area contributed by atoms with Gasteiger partial charge >= 0.3 is 0 Å². The van der Waals surface area contributed by atoms with Crippen LogP contribution in [0.25, 0.3) is 0 Å². The number of carbonyl (C=O) groups excluding carboxylic acids is 2. The van der Waals surface area contributed by atoms with Gasteiger partial charge in [0.15, 0.2) is 0 Å². The van der Waals surface area contributed by atoms with Crippen LogP contribution in [0, 0.1) is 6.92 Å². The number of nitrogens with one attached hydrogen (secondary N) is 2. The van der Waals surface area contributed by atoms with Crippen LogP contribution in [0.5, 0.6) is 0 Å². The summed E-state index contributed by atoms with van der Waals surface area (Å²) in [6, 6.07) is -0.475. The highest BCUT2D eigenvalue weighted by molar-refractivity contribution is 6.30. The first kappa shape index (κ1) is 14.7. The molecule has 1 aromatic heterocycles.